The zero-order valence-electron chi connectivity index (χ0n) is 8.75. The van der Waals surface area contributed by atoms with Crippen molar-refractivity contribution in [2.75, 3.05) is 7.05 Å². The van der Waals surface area contributed by atoms with E-state index in [0.29, 0.717) is 11.8 Å². The highest BCUT2D eigenvalue weighted by Gasteiger charge is 2.29. The maximum atomic E-state index is 4.33. The second kappa shape index (κ2) is 4.35. The van der Waals surface area contributed by atoms with Crippen molar-refractivity contribution in [3.63, 3.8) is 0 Å². The summed E-state index contributed by atoms with van der Waals surface area (Å²) in [7, 11) is 1.84. The Morgan fingerprint density at radius 1 is 1.54 bits per heavy atom. The molecule has 1 fully saturated rings. The van der Waals surface area contributed by atoms with E-state index >= 15 is 0 Å². The Balaban J connectivity index is 2.92. The summed E-state index contributed by atoms with van der Waals surface area (Å²) in [5.41, 5.74) is 2.33. The fraction of sp³-hybridized carbons (Fsp3) is 0.636. The minimum absolute atomic E-state index is 0.580. The molecule has 0 bridgehead atoms. The van der Waals surface area contributed by atoms with Gasteiger partial charge in [-0.15, -0.1) is 0 Å². The molecule has 0 aromatic rings. The maximum Gasteiger partial charge on any atom is 0.0646 e. The molecule has 1 rings (SSSR count). The predicted molar refractivity (Wildman–Crippen MR) is 58.6 cm³/mol. The summed E-state index contributed by atoms with van der Waals surface area (Å²) in [6.45, 7) is 8.12. The SMILES string of the molecule is C=CN=C1C(=NC)CCC1C(C)C. The second-order valence-corrected chi connectivity index (χ2v) is 3.76. The monoisotopic (exact) mass is 178 g/mol. The largest absolute Gasteiger partial charge is 0.291 e. The zero-order valence-corrected chi connectivity index (χ0v) is 8.75. The summed E-state index contributed by atoms with van der Waals surface area (Å²) >= 11 is 0. The van der Waals surface area contributed by atoms with Gasteiger partial charge in [0.05, 0.1) is 11.4 Å². The van der Waals surface area contributed by atoms with E-state index in [9.17, 15) is 0 Å². The normalized spacial score (nSPS) is 29.1. The van der Waals surface area contributed by atoms with E-state index in [1.54, 1.807) is 6.20 Å². The highest BCUT2D eigenvalue weighted by Crippen LogP contribution is 2.27. The van der Waals surface area contributed by atoms with Crippen LogP contribution in [-0.2, 0) is 0 Å². The van der Waals surface area contributed by atoms with Gasteiger partial charge in [-0.1, -0.05) is 20.4 Å². The van der Waals surface area contributed by atoms with E-state index in [-0.39, 0.29) is 0 Å². The zero-order chi connectivity index (χ0) is 9.84. The third-order valence-electron chi connectivity index (χ3n) is 2.64. The number of nitrogens with zero attached hydrogens (tertiary/aromatic N) is 2. The first-order valence-corrected chi connectivity index (χ1v) is 4.85. The first kappa shape index (κ1) is 10.2. The second-order valence-electron chi connectivity index (χ2n) is 3.76. The molecule has 0 radical (unpaired) electrons. The van der Waals surface area contributed by atoms with Crippen molar-refractivity contribution < 1.29 is 0 Å². The standard InChI is InChI=1S/C11H18N2/c1-5-13-11-9(8(2)3)6-7-10(11)12-4/h5,8-9H,1,6-7H2,2-4H3. The lowest BCUT2D eigenvalue weighted by atomic mass is 9.93. The molecule has 13 heavy (non-hydrogen) atoms. The number of hydrogen-bond acceptors (Lipinski definition) is 2. The molecule has 0 saturated heterocycles. The smallest absolute Gasteiger partial charge is 0.0646 e. The lowest BCUT2D eigenvalue weighted by Gasteiger charge is -2.13. The Kier molecular flexibility index (Phi) is 3.40. The molecule has 0 aliphatic heterocycles. The molecule has 0 aromatic carbocycles. The van der Waals surface area contributed by atoms with Gasteiger partial charge in [0.1, 0.15) is 0 Å². The van der Waals surface area contributed by atoms with Gasteiger partial charge in [0, 0.05) is 19.2 Å². The van der Waals surface area contributed by atoms with Gasteiger partial charge in [-0.3, -0.25) is 9.98 Å². The molecule has 0 N–H and O–H groups in total. The summed E-state index contributed by atoms with van der Waals surface area (Å²) in [5, 5.41) is 0. The van der Waals surface area contributed by atoms with Crippen LogP contribution < -0.4 is 0 Å². The highest BCUT2D eigenvalue weighted by molar-refractivity contribution is 6.45. The fourth-order valence-electron chi connectivity index (χ4n) is 1.92. The van der Waals surface area contributed by atoms with Crippen LogP contribution in [0, 0.1) is 11.8 Å². The van der Waals surface area contributed by atoms with Crippen LogP contribution in [0.25, 0.3) is 0 Å². The lowest BCUT2D eigenvalue weighted by molar-refractivity contribution is 0.488. The van der Waals surface area contributed by atoms with E-state index in [1.165, 1.54) is 12.1 Å². The van der Waals surface area contributed by atoms with Crippen LogP contribution in [0.4, 0.5) is 0 Å². The van der Waals surface area contributed by atoms with Gasteiger partial charge in [0.2, 0.25) is 0 Å². The van der Waals surface area contributed by atoms with Crippen molar-refractivity contribution in [1.29, 1.82) is 0 Å². The van der Waals surface area contributed by atoms with Gasteiger partial charge in [-0.05, 0) is 18.8 Å². The van der Waals surface area contributed by atoms with E-state index in [0.717, 1.165) is 12.1 Å². The molecule has 72 valence electrons. The minimum atomic E-state index is 0.580. The molecule has 0 heterocycles. The average Bonchev–Trinajstić information content (AvgIpc) is 2.48. The Morgan fingerprint density at radius 2 is 2.23 bits per heavy atom. The Bertz CT molecular complexity index is 249. The van der Waals surface area contributed by atoms with Crippen molar-refractivity contribution in [1.82, 2.24) is 0 Å². The topological polar surface area (TPSA) is 24.7 Å². The summed E-state index contributed by atoms with van der Waals surface area (Å²) in [4.78, 5) is 8.59. The van der Waals surface area contributed by atoms with Gasteiger partial charge in [0.15, 0.2) is 0 Å². The van der Waals surface area contributed by atoms with Gasteiger partial charge >= 0.3 is 0 Å². The molecule has 1 saturated carbocycles. The van der Waals surface area contributed by atoms with Gasteiger partial charge in [0.25, 0.3) is 0 Å². The molecule has 1 unspecified atom stereocenters. The van der Waals surface area contributed by atoms with Crippen molar-refractivity contribution in [3.8, 4) is 0 Å². The first-order valence-electron chi connectivity index (χ1n) is 4.85. The molecule has 1 atom stereocenters. The maximum absolute atomic E-state index is 4.33. The van der Waals surface area contributed by atoms with E-state index < -0.39 is 0 Å². The number of aliphatic imine (C=N–C) groups is 2. The van der Waals surface area contributed by atoms with Crippen molar-refractivity contribution in [2.45, 2.75) is 26.7 Å². The highest BCUT2D eigenvalue weighted by atomic mass is 14.8. The average molecular weight is 178 g/mol. The summed E-state index contributed by atoms with van der Waals surface area (Å²) in [6, 6.07) is 0. The Morgan fingerprint density at radius 3 is 2.69 bits per heavy atom. The molecule has 1 aliphatic rings. The van der Waals surface area contributed by atoms with Crippen LogP contribution in [0.3, 0.4) is 0 Å². The molecule has 2 nitrogen and oxygen atoms in total. The molecule has 0 spiro atoms. The number of hydrogen-bond donors (Lipinski definition) is 0. The first-order chi connectivity index (χ1) is 6.20. The molecular formula is C11H18N2. The van der Waals surface area contributed by atoms with Crippen molar-refractivity contribution in [2.24, 2.45) is 21.8 Å². The number of rotatable bonds is 2. The van der Waals surface area contributed by atoms with Gasteiger partial charge < -0.3 is 0 Å². The molecule has 1 aliphatic carbocycles. The quantitative estimate of drug-likeness (QED) is 0.621. The molecular weight excluding hydrogens is 160 g/mol. The van der Waals surface area contributed by atoms with Crippen LogP contribution in [0.2, 0.25) is 0 Å². The molecule has 2 heteroatoms. The van der Waals surface area contributed by atoms with E-state index in [2.05, 4.69) is 30.4 Å². The van der Waals surface area contributed by atoms with Crippen LogP contribution in [-0.4, -0.2) is 18.5 Å². The summed E-state index contributed by atoms with van der Waals surface area (Å²) in [5.74, 6) is 1.23. The van der Waals surface area contributed by atoms with Crippen LogP contribution in [0.1, 0.15) is 26.7 Å². The predicted octanol–water partition coefficient (Wildman–Crippen LogP) is 2.71. The third-order valence-corrected chi connectivity index (χ3v) is 2.64. The van der Waals surface area contributed by atoms with Crippen LogP contribution in [0.5, 0.6) is 0 Å². The molecule has 0 amide bonds. The van der Waals surface area contributed by atoms with Gasteiger partial charge in [-0.2, -0.15) is 0 Å². The summed E-state index contributed by atoms with van der Waals surface area (Å²) < 4.78 is 0. The third kappa shape index (κ3) is 2.06. The van der Waals surface area contributed by atoms with E-state index in [4.69, 9.17) is 0 Å². The van der Waals surface area contributed by atoms with Crippen molar-refractivity contribution in [3.05, 3.63) is 12.8 Å². The van der Waals surface area contributed by atoms with E-state index in [1.807, 2.05) is 7.05 Å². The van der Waals surface area contributed by atoms with Gasteiger partial charge in [-0.25, -0.2) is 0 Å². The Hall–Kier alpha value is -0.920. The summed E-state index contributed by atoms with van der Waals surface area (Å²) in [6.07, 6.45) is 3.89. The van der Waals surface area contributed by atoms with Crippen LogP contribution in [0.15, 0.2) is 22.8 Å². The van der Waals surface area contributed by atoms with Crippen LogP contribution >= 0.6 is 0 Å². The lowest BCUT2D eigenvalue weighted by Crippen LogP contribution is -2.18. The fourth-order valence-corrected chi connectivity index (χ4v) is 1.92. The van der Waals surface area contributed by atoms with Crippen molar-refractivity contribution >= 4 is 11.4 Å². The molecule has 0 aromatic heterocycles. The Labute approximate surface area is 80.5 Å². The minimum Gasteiger partial charge on any atom is -0.291 e.